The van der Waals surface area contributed by atoms with Crippen molar-refractivity contribution in [3.8, 4) is 11.3 Å². The van der Waals surface area contributed by atoms with Crippen molar-refractivity contribution in [1.29, 1.82) is 0 Å². The molecule has 2 aromatic rings. The van der Waals surface area contributed by atoms with E-state index in [1.807, 2.05) is 18.2 Å². The van der Waals surface area contributed by atoms with E-state index < -0.39 is 0 Å². The van der Waals surface area contributed by atoms with Gasteiger partial charge in [-0.1, -0.05) is 37.3 Å². The molecule has 1 aliphatic carbocycles. The third kappa shape index (κ3) is 1.98. The molecule has 0 spiro atoms. The zero-order valence-corrected chi connectivity index (χ0v) is 12.3. The molecular weight excluding hydrogens is 337 g/mol. The summed E-state index contributed by atoms with van der Waals surface area (Å²) in [5.74, 6) is 1.48. The third-order valence-electron chi connectivity index (χ3n) is 3.46. The average molecular weight is 351 g/mol. The summed E-state index contributed by atoms with van der Waals surface area (Å²) >= 11 is 2.22. The van der Waals surface area contributed by atoms with E-state index in [1.54, 1.807) is 0 Å². The predicted molar refractivity (Wildman–Crippen MR) is 81.2 cm³/mol. The summed E-state index contributed by atoms with van der Waals surface area (Å²) in [4.78, 5) is 9.19. The van der Waals surface area contributed by atoms with E-state index in [-0.39, 0.29) is 5.41 Å². The van der Waals surface area contributed by atoms with Crippen molar-refractivity contribution in [3.05, 3.63) is 39.7 Å². The Balaban J connectivity index is 2.17. The fourth-order valence-electron chi connectivity index (χ4n) is 1.93. The van der Waals surface area contributed by atoms with E-state index in [4.69, 9.17) is 10.7 Å². The van der Waals surface area contributed by atoms with Gasteiger partial charge in [0.1, 0.15) is 11.6 Å². The van der Waals surface area contributed by atoms with Gasteiger partial charge < -0.3 is 5.73 Å². The number of nitrogens with two attached hydrogens (primary N) is 1. The number of benzene rings is 1. The van der Waals surface area contributed by atoms with Gasteiger partial charge in [0.15, 0.2) is 0 Å². The first-order chi connectivity index (χ1) is 8.60. The van der Waals surface area contributed by atoms with Gasteiger partial charge in [-0.3, -0.25) is 0 Å². The molecule has 2 N–H and O–H groups in total. The maximum absolute atomic E-state index is 6.02. The second-order valence-electron chi connectivity index (χ2n) is 5.02. The van der Waals surface area contributed by atoms with Crippen LogP contribution >= 0.6 is 22.6 Å². The number of anilines is 1. The molecule has 0 aliphatic heterocycles. The van der Waals surface area contributed by atoms with Crippen LogP contribution in [0.5, 0.6) is 0 Å². The lowest BCUT2D eigenvalue weighted by Gasteiger charge is -2.12. The smallest absolute Gasteiger partial charge is 0.141 e. The van der Waals surface area contributed by atoms with Crippen molar-refractivity contribution in [3.63, 3.8) is 0 Å². The summed E-state index contributed by atoms with van der Waals surface area (Å²) < 4.78 is 0.937. The van der Waals surface area contributed by atoms with Gasteiger partial charge in [0.25, 0.3) is 0 Å². The number of rotatable bonds is 2. The second-order valence-corrected chi connectivity index (χ2v) is 6.10. The van der Waals surface area contributed by atoms with Crippen LogP contribution in [0.3, 0.4) is 0 Å². The normalized spacial score (nSPS) is 16.6. The van der Waals surface area contributed by atoms with Crippen molar-refractivity contribution < 1.29 is 0 Å². The van der Waals surface area contributed by atoms with Gasteiger partial charge in [-0.05, 0) is 35.4 Å². The monoisotopic (exact) mass is 351 g/mol. The predicted octanol–water partition coefficient (Wildman–Crippen LogP) is 3.38. The average Bonchev–Trinajstić information content (AvgIpc) is 3.13. The summed E-state index contributed by atoms with van der Waals surface area (Å²) in [6, 6.07) is 10.2. The van der Waals surface area contributed by atoms with Crippen molar-refractivity contribution in [2.75, 3.05) is 5.73 Å². The molecule has 92 valence electrons. The highest BCUT2D eigenvalue weighted by Gasteiger charge is 2.42. The molecular formula is C14H14IN3. The molecule has 3 nitrogen and oxygen atoms in total. The molecule has 1 saturated carbocycles. The van der Waals surface area contributed by atoms with Crippen LogP contribution in [0.25, 0.3) is 11.3 Å². The Labute approximate surface area is 120 Å². The van der Waals surface area contributed by atoms with Gasteiger partial charge in [0.05, 0.1) is 9.26 Å². The fourth-order valence-corrected chi connectivity index (χ4v) is 2.49. The summed E-state index contributed by atoms with van der Waals surface area (Å²) in [5, 5.41) is 0. The molecule has 1 fully saturated rings. The van der Waals surface area contributed by atoms with Crippen molar-refractivity contribution in [1.82, 2.24) is 9.97 Å². The van der Waals surface area contributed by atoms with Crippen LogP contribution in [0.4, 0.5) is 5.82 Å². The van der Waals surface area contributed by atoms with Gasteiger partial charge in [0, 0.05) is 11.0 Å². The van der Waals surface area contributed by atoms with Crippen LogP contribution in [0.15, 0.2) is 30.3 Å². The number of halogens is 1. The fraction of sp³-hybridized carbons (Fsp3) is 0.286. The molecule has 1 aromatic carbocycles. The maximum Gasteiger partial charge on any atom is 0.141 e. The largest absolute Gasteiger partial charge is 0.383 e. The lowest BCUT2D eigenvalue weighted by atomic mass is 10.1. The molecule has 0 radical (unpaired) electrons. The van der Waals surface area contributed by atoms with Crippen molar-refractivity contribution in [2.45, 2.75) is 25.2 Å². The first-order valence-corrected chi connectivity index (χ1v) is 7.07. The first-order valence-electron chi connectivity index (χ1n) is 5.99. The second kappa shape index (κ2) is 4.19. The van der Waals surface area contributed by atoms with Crippen LogP contribution in [0.1, 0.15) is 25.6 Å². The Morgan fingerprint density at radius 3 is 2.44 bits per heavy atom. The van der Waals surface area contributed by atoms with E-state index >= 15 is 0 Å². The minimum Gasteiger partial charge on any atom is -0.383 e. The highest BCUT2D eigenvalue weighted by atomic mass is 127. The topological polar surface area (TPSA) is 51.8 Å². The van der Waals surface area contributed by atoms with E-state index in [9.17, 15) is 0 Å². The summed E-state index contributed by atoms with van der Waals surface area (Å²) in [6.07, 6.45) is 2.31. The first kappa shape index (κ1) is 11.9. The number of nitrogen functional groups attached to an aromatic ring is 1. The maximum atomic E-state index is 6.02. The van der Waals surface area contributed by atoms with Gasteiger partial charge >= 0.3 is 0 Å². The van der Waals surface area contributed by atoms with Crippen LogP contribution < -0.4 is 5.73 Å². The SMILES string of the molecule is CC1(c2nc(N)c(I)c(-c3ccccc3)n2)CC1. The highest BCUT2D eigenvalue weighted by Crippen LogP contribution is 2.46. The van der Waals surface area contributed by atoms with E-state index in [2.05, 4.69) is 46.6 Å². The highest BCUT2D eigenvalue weighted by molar-refractivity contribution is 14.1. The van der Waals surface area contributed by atoms with E-state index in [0.29, 0.717) is 5.82 Å². The van der Waals surface area contributed by atoms with E-state index in [1.165, 1.54) is 0 Å². The van der Waals surface area contributed by atoms with Crippen LogP contribution in [-0.2, 0) is 5.41 Å². The number of hydrogen-bond donors (Lipinski definition) is 1. The zero-order chi connectivity index (χ0) is 12.8. The number of hydrogen-bond acceptors (Lipinski definition) is 3. The molecule has 1 aromatic heterocycles. The van der Waals surface area contributed by atoms with Crippen molar-refractivity contribution in [2.24, 2.45) is 0 Å². The van der Waals surface area contributed by atoms with Gasteiger partial charge in [-0.2, -0.15) is 0 Å². The van der Waals surface area contributed by atoms with Crippen molar-refractivity contribution >= 4 is 28.4 Å². The van der Waals surface area contributed by atoms with Gasteiger partial charge in [0.2, 0.25) is 0 Å². The minimum atomic E-state index is 0.141. The standard InChI is InChI=1S/C14H14IN3/c1-14(7-8-14)13-17-11(10(15)12(16)18-13)9-5-3-2-4-6-9/h2-6H,7-8H2,1H3,(H2,16,17,18). The molecule has 0 amide bonds. The molecule has 0 unspecified atom stereocenters. The Hall–Kier alpha value is -1.17. The lowest BCUT2D eigenvalue weighted by Crippen LogP contribution is -2.11. The Kier molecular flexibility index (Phi) is 2.77. The summed E-state index contributed by atoms with van der Waals surface area (Å²) in [6.45, 7) is 2.20. The molecule has 0 saturated heterocycles. The minimum absolute atomic E-state index is 0.141. The third-order valence-corrected chi connectivity index (χ3v) is 4.53. The van der Waals surface area contributed by atoms with Crippen LogP contribution in [0, 0.1) is 3.57 Å². The van der Waals surface area contributed by atoms with Gasteiger partial charge in [-0.25, -0.2) is 9.97 Å². The van der Waals surface area contributed by atoms with Crippen LogP contribution in [0.2, 0.25) is 0 Å². The quantitative estimate of drug-likeness (QED) is 0.844. The molecule has 18 heavy (non-hydrogen) atoms. The van der Waals surface area contributed by atoms with Gasteiger partial charge in [-0.15, -0.1) is 0 Å². The summed E-state index contributed by atoms with van der Waals surface area (Å²) in [7, 11) is 0. The van der Waals surface area contributed by atoms with Crippen LogP contribution in [-0.4, -0.2) is 9.97 Å². The molecule has 0 bridgehead atoms. The molecule has 1 heterocycles. The lowest BCUT2D eigenvalue weighted by molar-refractivity contribution is 0.711. The number of aromatic nitrogens is 2. The molecule has 3 rings (SSSR count). The Morgan fingerprint density at radius 2 is 1.83 bits per heavy atom. The molecule has 0 atom stereocenters. The molecule has 4 heteroatoms. The number of nitrogens with zero attached hydrogens (tertiary/aromatic N) is 2. The zero-order valence-electron chi connectivity index (χ0n) is 10.2. The Bertz CT molecular complexity index is 591. The van der Waals surface area contributed by atoms with E-state index in [0.717, 1.165) is 33.5 Å². The molecule has 1 aliphatic rings. The Morgan fingerprint density at radius 1 is 1.17 bits per heavy atom. The summed E-state index contributed by atoms with van der Waals surface area (Å²) in [5.41, 5.74) is 8.21.